The third-order valence-corrected chi connectivity index (χ3v) is 3.23. The van der Waals surface area contributed by atoms with Gasteiger partial charge in [-0.3, -0.25) is 0 Å². The number of rotatable bonds is 5. The predicted molar refractivity (Wildman–Crippen MR) is 75.6 cm³/mol. The molecule has 0 radical (unpaired) electrons. The van der Waals surface area contributed by atoms with Gasteiger partial charge in [-0.05, 0) is 42.7 Å². The van der Waals surface area contributed by atoms with Gasteiger partial charge in [0.25, 0.3) is 0 Å². The lowest BCUT2D eigenvalue weighted by Gasteiger charge is -2.07. The molecule has 98 valence electrons. The maximum atomic E-state index is 5.92. The van der Waals surface area contributed by atoms with Crippen LogP contribution in [0.2, 0.25) is 5.02 Å². The van der Waals surface area contributed by atoms with Crippen molar-refractivity contribution >= 4 is 11.6 Å². The van der Waals surface area contributed by atoms with Crippen molar-refractivity contribution in [3.05, 3.63) is 53.2 Å². The van der Waals surface area contributed by atoms with Crippen molar-refractivity contribution in [2.45, 2.75) is 25.4 Å². The predicted octanol–water partition coefficient (Wildman–Crippen LogP) is 3.78. The topological polar surface area (TPSA) is 34.1 Å². The Kier molecular flexibility index (Phi) is 3.67. The summed E-state index contributed by atoms with van der Waals surface area (Å²) in [7, 11) is 0. The van der Waals surface area contributed by atoms with E-state index in [4.69, 9.17) is 16.3 Å². The molecule has 1 aromatic heterocycles. The highest BCUT2D eigenvalue weighted by molar-refractivity contribution is 6.30. The van der Waals surface area contributed by atoms with Crippen LogP contribution in [0, 0.1) is 0 Å². The molecule has 3 rings (SSSR count). The molecule has 0 amide bonds. The third kappa shape index (κ3) is 3.69. The van der Waals surface area contributed by atoms with Crippen LogP contribution in [0.4, 0.5) is 0 Å². The van der Waals surface area contributed by atoms with Crippen LogP contribution >= 0.6 is 11.6 Å². The highest BCUT2D eigenvalue weighted by Crippen LogP contribution is 2.23. The molecule has 0 bridgehead atoms. The van der Waals surface area contributed by atoms with Crippen molar-refractivity contribution in [1.29, 1.82) is 0 Å². The van der Waals surface area contributed by atoms with E-state index in [0.717, 1.165) is 6.54 Å². The second-order valence-electron chi connectivity index (χ2n) is 4.72. The number of benzene rings is 1. The Hall–Kier alpha value is -1.58. The Morgan fingerprint density at radius 3 is 2.95 bits per heavy atom. The summed E-state index contributed by atoms with van der Waals surface area (Å²) in [6.45, 7) is 0.860. The number of pyridine rings is 1. The van der Waals surface area contributed by atoms with Crippen LogP contribution in [0.3, 0.4) is 0 Å². The average Bonchev–Trinajstić information content (AvgIpc) is 3.21. The largest absolute Gasteiger partial charge is 0.439 e. The van der Waals surface area contributed by atoms with E-state index in [9.17, 15) is 0 Å². The first-order valence-corrected chi connectivity index (χ1v) is 6.79. The number of nitrogens with zero attached hydrogens (tertiary/aromatic N) is 1. The van der Waals surface area contributed by atoms with Crippen LogP contribution < -0.4 is 10.1 Å². The van der Waals surface area contributed by atoms with Crippen molar-refractivity contribution in [1.82, 2.24) is 10.3 Å². The molecule has 1 N–H and O–H groups in total. The number of nitrogens with one attached hydrogen (secondary N) is 1. The van der Waals surface area contributed by atoms with E-state index in [1.165, 1.54) is 18.4 Å². The van der Waals surface area contributed by atoms with Gasteiger partial charge in [0, 0.05) is 29.9 Å². The van der Waals surface area contributed by atoms with Crippen LogP contribution in [0.25, 0.3) is 0 Å². The molecule has 19 heavy (non-hydrogen) atoms. The molecule has 0 spiro atoms. The number of halogens is 1. The zero-order chi connectivity index (χ0) is 13.1. The number of hydrogen-bond donors (Lipinski definition) is 1. The Morgan fingerprint density at radius 1 is 1.26 bits per heavy atom. The van der Waals surface area contributed by atoms with Crippen LogP contribution in [0.5, 0.6) is 11.6 Å². The van der Waals surface area contributed by atoms with Crippen LogP contribution in [0.1, 0.15) is 18.4 Å². The number of aromatic nitrogens is 1. The Morgan fingerprint density at radius 2 is 2.16 bits per heavy atom. The second-order valence-corrected chi connectivity index (χ2v) is 5.15. The first kappa shape index (κ1) is 12.5. The lowest BCUT2D eigenvalue weighted by molar-refractivity contribution is 0.461. The second kappa shape index (κ2) is 5.59. The van der Waals surface area contributed by atoms with Gasteiger partial charge >= 0.3 is 0 Å². The zero-order valence-electron chi connectivity index (χ0n) is 10.5. The summed E-state index contributed by atoms with van der Waals surface area (Å²) in [6, 6.07) is 12.0. The molecule has 1 aliphatic carbocycles. The summed E-state index contributed by atoms with van der Waals surface area (Å²) in [6.07, 6.45) is 4.34. The molecule has 1 saturated carbocycles. The van der Waals surface area contributed by atoms with Crippen molar-refractivity contribution in [3.63, 3.8) is 0 Å². The minimum Gasteiger partial charge on any atom is -0.439 e. The highest BCUT2D eigenvalue weighted by Gasteiger charge is 2.19. The maximum absolute atomic E-state index is 5.92. The third-order valence-electron chi connectivity index (χ3n) is 2.99. The molecule has 1 heterocycles. The molecule has 1 fully saturated rings. The van der Waals surface area contributed by atoms with Crippen LogP contribution in [-0.2, 0) is 6.54 Å². The van der Waals surface area contributed by atoms with Crippen molar-refractivity contribution in [2.75, 3.05) is 0 Å². The van der Waals surface area contributed by atoms with E-state index in [1.807, 2.05) is 30.3 Å². The maximum Gasteiger partial charge on any atom is 0.219 e. The van der Waals surface area contributed by atoms with Gasteiger partial charge in [0.1, 0.15) is 5.75 Å². The normalized spacial score (nSPS) is 14.4. The lowest BCUT2D eigenvalue weighted by Crippen LogP contribution is -2.15. The summed E-state index contributed by atoms with van der Waals surface area (Å²) < 4.78 is 5.70. The fourth-order valence-corrected chi connectivity index (χ4v) is 2.00. The first-order valence-electron chi connectivity index (χ1n) is 6.41. The van der Waals surface area contributed by atoms with Gasteiger partial charge < -0.3 is 10.1 Å². The minimum absolute atomic E-state index is 0.595. The standard InChI is InChI=1S/C15H15ClN2O/c16-12-2-1-3-14(9-12)19-15-8-11(6-7-17-15)10-18-13-4-5-13/h1-3,6-9,13,18H,4-5,10H2. The summed E-state index contributed by atoms with van der Waals surface area (Å²) in [5, 5.41) is 4.13. The Balaban J connectivity index is 1.67. The van der Waals surface area contributed by atoms with Gasteiger partial charge in [0.2, 0.25) is 5.88 Å². The smallest absolute Gasteiger partial charge is 0.219 e. The van der Waals surface area contributed by atoms with Crippen LogP contribution in [-0.4, -0.2) is 11.0 Å². The number of hydrogen-bond acceptors (Lipinski definition) is 3. The molecule has 4 heteroatoms. The molecule has 3 nitrogen and oxygen atoms in total. The molecule has 0 saturated heterocycles. The minimum atomic E-state index is 0.595. The van der Waals surface area contributed by atoms with Gasteiger partial charge in [-0.1, -0.05) is 17.7 Å². The summed E-state index contributed by atoms with van der Waals surface area (Å²) in [5.41, 5.74) is 1.18. The zero-order valence-corrected chi connectivity index (χ0v) is 11.2. The average molecular weight is 275 g/mol. The summed E-state index contributed by atoms with van der Waals surface area (Å²) >= 11 is 5.92. The quantitative estimate of drug-likeness (QED) is 0.901. The molecule has 0 unspecified atom stereocenters. The SMILES string of the molecule is Clc1cccc(Oc2cc(CNC3CC3)ccn2)c1. The fraction of sp³-hybridized carbons (Fsp3) is 0.267. The summed E-state index contributed by atoms with van der Waals surface area (Å²) in [5.74, 6) is 1.30. The summed E-state index contributed by atoms with van der Waals surface area (Å²) in [4.78, 5) is 4.21. The van der Waals surface area contributed by atoms with Crippen LogP contribution in [0.15, 0.2) is 42.6 Å². The van der Waals surface area contributed by atoms with Gasteiger partial charge in [-0.25, -0.2) is 4.98 Å². The molecular weight excluding hydrogens is 260 g/mol. The van der Waals surface area contributed by atoms with Crippen molar-refractivity contribution in [3.8, 4) is 11.6 Å². The first-order chi connectivity index (χ1) is 9.29. The van der Waals surface area contributed by atoms with E-state index in [1.54, 1.807) is 12.3 Å². The molecule has 2 aromatic rings. The molecule has 0 atom stereocenters. The molecular formula is C15H15ClN2O. The molecule has 1 aliphatic rings. The lowest BCUT2D eigenvalue weighted by atomic mass is 10.2. The Bertz CT molecular complexity index is 570. The van der Waals surface area contributed by atoms with E-state index in [2.05, 4.69) is 10.3 Å². The van der Waals surface area contributed by atoms with Gasteiger partial charge in [0.15, 0.2) is 0 Å². The monoisotopic (exact) mass is 274 g/mol. The molecule has 1 aromatic carbocycles. The van der Waals surface area contributed by atoms with Gasteiger partial charge in [-0.15, -0.1) is 0 Å². The molecule has 0 aliphatic heterocycles. The number of ether oxygens (including phenoxy) is 1. The highest BCUT2D eigenvalue weighted by atomic mass is 35.5. The van der Waals surface area contributed by atoms with Gasteiger partial charge in [-0.2, -0.15) is 0 Å². The van der Waals surface area contributed by atoms with Crippen molar-refractivity contribution in [2.24, 2.45) is 0 Å². The fourth-order valence-electron chi connectivity index (χ4n) is 1.82. The van der Waals surface area contributed by atoms with E-state index >= 15 is 0 Å². The van der Waals surface area contributed by atoms with E-state index in [0.29, 0.717) is 22.7 Å². The van der Waals surface area contributed by atoms with E-state index < -0.39 is 0 Å². The van der Waals surface area contributed by atoms with E-state index in [-0.39, 0.29) is 0 Å². The van der Waals surface area contributed by atoms with Gasteiger partial charge in [0.05, 0.1) is 0 Å². The Labute approximate surface area is 117 Å². The van der Waals surface area contributed by atoms with Crippen molar-refractivity contribution < 1.29 is 4.74 Å².